The predicted octanol–water partition coefficient (Wildman–Crippen LogP) is 5.88. The summed E-state index contributed by atoms with van der Waals surface area (Å²) in [5, 5.41) is 4.26. The molecular weight excluding hydrogens is 400 g/mol. The van der Waals surface area contributed by atoms with E-state index in [4.69, 9.17) is 26.5 Å². The second kappa shape index (κ2) is 8.13. The molecule has 4 rings (SSSR count). The van der Waals surface area contributed by atoms with Gasteiger partial charge in [0.25, 0.3) is 0 Å². The quantitative estimate of drug-likeness (QED) is 0.394. The van der Waals surface area contributed by atoms with Crippen LogP contribution in [0, 0.1) is 0 Å². The van der Waals surface area contributed by atoms with Crippen molar-refractivity contribution < 1.29 is 9.15 Å². The molecule has 0 aliphatic rings. The van der Waals surface area contributed by atoms with E-state index < -0.39 is 0 Å². The molecule has 1 aromatic heterocycles. The molecule has 1 heterocycles. The summed E-state index contributed by atoms with van der Waals surface area (Å²) in [5.41, 5.74) is 9.16. The lowest BCUT2D eigenvalue weighted by Crippen LogP contribution is -2.09. The van der Waals surface area contributed by atoms with E-state index in [0.29, 0.717) is 44.4 Å². The van der Waals surface area contributed by atoms with Gasteiger partial charge in [0.05, 0.1) is 23.9 Å². The third kappa shape index (κ3) is 3.72. The second-order valence-corrected chi connectivity index (χ2v) is 7.44. The molecule has 0 saturated heterocycles. The summed E-state index contributed by atoms with van der Waals surface area (Å²) >= 11 is 6.29. The van der Waals surface area contributed by atoms with Crippen molar-refractivity contribution >= 4 is 33.9 Å². The number of para-hydroxylation sites is 1. The highest BCUT2D eigenvalue weighted by Crippen LogP contribution is 2.36. The molecule has 5 nitrogen and oxygen atoms in total. The normalized spacial score (nSPS) is 12.0. The first-order valence-electron chi connectivity index (χ1n) is 9.49. The van der Waals surface area contributed by atoms with Gasteiger partial charge in [0.1, 0.15) is 11.5 Å². The molecule has 30 heavy (non-hydrogen) atoms. The fourth-order valence-corrected chi connectivity index (χ4v) is 3.68. The van der Waals surface area contributed by atoms with Crippen molar-refractivity contribution in [3.05, 3.63) is 87.5 Å². The third-order valence-corrected chi connectivity index (χ3v) is 5.23. The number of halogens is 1. The number of nitrogen functional groups attached to an aromatic ring is 1. The largest absolute Gasteiger partial charge is 0.495 e. The first-order chi connectivity index (χ1) is 14.5. The summed E-state index contributed by atoms with van der Waals surface area (Å²) in [5.74, 6) is 0.879. The van der Waals surface area contributed by atoms with E-state index in [0.717, 1.165) is 5.56 Å². The Morgan fingerprint density at radius 1 is 1.07 bits per heavy atom. The van der Waals surface area contributed by atoms with E-state index >= 15 is 0 Å². The number of nitrogens with one attached hydrogen (secondary N) is 1. The Kier molecular flexibility index (Phi) is 5.38. The zero-order chi connectivity index (χ0) is 21.3. The van der Waals surface area contributed by atoms with Crippen molar-refractivity contribution in [2.45, 2.75) is 13.0 Å². The van der Waals surface area contributed by atoms with Crippen LogP contribution >= 0.6 is 11.6 Å². The zero-order valence-corrected chi connectivity index (χ0v) is 17.4. The lowest BCUT2D eigenvalue weighted by molar-refractivity contribution is 0.417. The highest BCUT2D eigenvalue weighted by molar-refractivity contribution is 6.31. The van der Waals surface area contributed by atoms with Crippen molar-refractivity contribution in [2.75, 3.05) is 18.2 Å². The maximum atomic E-state index is 12.9. The van der Waals surface area contributed by atoms with Crippen molar-refractivity contribution in [3.8, 4) is 17.1 Å². The second-order valence-electron chi connectivity index (χ2n) is 7.00. The summed E-state index contributed by atoms with van der Waals surface area (Å²) in [6, 6.07) is 20.1. The Balaban J connectivity index is 1.87. The van der Waals surface area contributed by atoms with E-state index in [9.17, 15) is 4.79 Å². The van der Waals surface area contributed by atoms with Crippen LogP contribution in [-0.4, -0.2) is 7.11 Å². The minimum Gasteiger partial charge on any atom is -0.495 e. The van der Waals surface area contributed by atoms with Crippen LogP contribution in [0.5, 0.6) is 5.75 Å². The van der Waals surface area contributed by atoms with Crippen LogP contribution in [0.3, 0.4) is 0 Å². The van der Waals surface area contributed by atoms with Crippen LogP contribution in [0.15, 0.2) is 75.9 Å². The number of ether oxygens (including phenoxy) is 1. The number of nitrogens with two attached hydrogens (primary N) is 1. The van der Waals surface area contributed by atoms with Crippen LogP contribution in [0.25, 0.3) is 22.3 Å². The van der Waals surface area contributed by atoms with Crippen molar-refractivity contribution in [1.29, 1.82) is 0 Å². The van der Waals surface area contributed by atoms with E-state index in [2.05, 4.69) is 5.32 Å². The molecule has 3 N–H and O–H groups in total. The van der Waals surface area contributed by atoms with E-state index in [1.165, 1.54) is 6.07 Å². The van der Waals surface area contributed by atoms with Crippen molar-refractivity contribution in [2.24, 2.45) is 0 Å². The molecule has 0 unspecified atom stereocenters. The number of benzene rings is 3. The molecule has 4 aromatic rings. The molecule has 0 aliphatic heterocycles. The number of anilines is 2. The smallest absolute Gasteiger partial charge is 0.193 e. The molecule has 0 fully saturated rings. The highest BCUT2D eigenvalue weighted by Gasteiger charge is 2.16. The van der Waals surface area contributed by atoms with Gasteiger partial charge in [-0.2, -0.15) is 0 Å². The van der Waals surface area contributed by atoms with Crippen molar-refractivity contribution in [3.63, 3.8) is 0 Å². The standard InChI is InChI=1S/C24H21ClN2O3/c1-14(15-7-4-3-5-8-15)27-19-12-16(25)11-18-20(28)13-22(30-24(18)19)17-9-6-10-21(29-2)23(17)26/h3-14,27H,26H2,1-2H3/t14-/m0/s1. The summed E-state index contributed by atoms with van der Waals surface area (Å²) < 4.78 is 11.5. The van der Waals surface area contributed by atoms with Crippen LogP contribution in [0.2, 0.25) is 5.02 Å². The molecule has 0 amide bonds. The zero-order valence-electron chi connectivity index (χ0n) is 16.6. The van der Waals surface area contributed by atoms with Crippen LogP contribution in [-0.2, 0) is 0 Å². The molecule has 152 valence electrons. The Morgan fingerprint density at radius 3 is 2.57 bits per heavy atom. The van der Waals surface area contributed by atoms with Gasteiger partial charge < -0.3 is 20.2 Å². The Labute approximate surface area is 179 Å². The van der Waals surface area contributed by atoms with Gasteiger partial charge in [0.15, 0.2) is 11.0 Å². The van der Waals surface area contributed by atoms with Gasteiger partial charge in [0, 0.05) is 22.7 Å². The molecule has 6 heteroatoms. The first-order valence-corrected chi connectivity index (χ1v) is 9.87. The van der Waals surface area contributed by atoms with Crippen LogP contribution in [0.4, 0.5) is 11.4 Å². The molecular formula is C24H21ClN2O3. The SMILES string of the molecule is COc1cccc(-c2cc(=O)c3cc(Cl)cc(N[C@@H](C)c4ccccc4)c3o2)c1N. The van der Waals surface area contributed by atoms with Gasteiger partial charge in [-0.25, -0.2) is 0 Å². The summed E-state index contributed by atoms with van der Waals surface area (Å²) in [6.07, 6.45) is 0. The fourth-order valence-electron chi connectivity index (χ4n) is 3.46. The van der Waals surface area contributed by atoms with Gasteiger partial charge in [-0.1, -0.05) is 48.0 Å². The first kappa shape index (κ1) is 19.9. The summed E-state index contributed by atoms with van der Waals surface area (Å²) in [4.78, 5) is 12.9. The maximum Gasteiger partial charge on any atom is 0.193 e. The molecule has 0 bridgehead atoms. The number of hydrogen-bond acceptors (Lipinski definition) is 5. The molecule has 1 atom stereocenters. The monoisotopic (exact) mass is 420 g/mol. The number of methoxy groups -OCH3 is 1. The van der Waals surface area contributed by atoms with Crippen molar-refractivity contribution in [1.82, 2.24) is 0 Å². The minimum atomic E-state index is -0.202. The highest BCUT2D eigenvalue weighted by atomic mass is 35.5. The molecule has 3 aromatic carbocycles. The van der Waals surface area contributed by atoms with E-state index in [1.807, 2.05) is 37.3 Å². The van der Waals surface area contributed by atoms with Gasteiger partial charge in [-0.3, -0.25) is 4.79 Å². The van der Waals surface area contributed by atoms with Gasteiger partial charge >= 0.3 is 0 Å². The average Bonchev–Trinajstić information content (AvgIpc) is 2.75. The average molecular weight is 421 g/mol. The van der Waals surface area contributed by atoms with Gasteiger partial charge in [-0.15, -0.1) is 0 Å². The molecule has 0 saturated carbocycles. The van der Waals surface area contributed by atoms with Crippen LogP contribution in [0.1, 0.15) is 18.5 Å². The third-order valence-electron chi connectivity index (χ3n) is 5.02. The summed E-state index contributed by atoms with van der Waals surface area (Å²) in [6.45, 7) is 2.03. The summed E-state index contributed by atoms with van der Waals surface area (Å²) in [7, 11) is 1.54. The number of hydrogen-bond donors (Lipinski definition) is 2. The number of fused-ring (bicyclic) bond motifs is 1. The maximum absolute atomic E-state index is 12.9. The predicted molar refractivity (Wildman–Crippen MR) is 122 cm³/mol. The topological polar surface area (TPSA) is 77.5 Å². The molecule has 0 spiro atoms. The lowest BCUT2D eigenvalue weighted by Gasteiger charge is -2.17. The number of rotatable bonds is 5. The van der Waals surface area contributed by atoms with Crippen LogP contribution < -0.4 is 21.2 Å². The molecule has 0 aliphatic carbocycles. The fraction of sp³-hybridized carbons (Fsp3) is 0.125. The molecule has 0 radical (unpaired) electrons. The van der Waals surface area contributed by atoms with Gasteiger partial charge in [-0.05, 0) is 36.8 Å². The van der Waals surface area contributed by atoms with E-state index in [-0.39, 0.29) is 11.5 Å². The Hall–Kier alpha value is -3.44. The minimum absolute atomic E-state index is 0.0243. The lowest BCUT2D eigenvalue weighted by atomic mass is 10.1. The Bertz CT molecular complexity index is 1270. The van der Waals surface area contributed by atoms with Gasteiger partial charge in [0.2, 0.25) is 0 Å². The Morgan fingerprint density at radius 2 is 1.83 bits per heavy atom. The van der Waals surface area contributed by atoms with E-state index in [1.54, 1.807) is 37.4 Å².